The van der Waals surface area contributed by atoms with Crippen LogP contribution in [0.5, 0.6) is 0 Å². The van der Waals surface area contributed by atoms with Gasteiger partial charge in [0.15, 0.2) is 11.6 Å². The standard InChI is InChI=1S/C38H38N2O4.C29H29NO4.C9H11NO/c1-24-25(2)40(23-28-13-17-30(18-14-28)32-9-7-8-10-33(32)37(43)44-38(4,5)6)35-20-19-31(21-34(24)35)36(42)39-22-27-11-15-29(16-12-27)26(3)41;1-18-19(2)30(26-15-14-22(27(31)32)16-25(18)26)17-20-10-12-21(13-11-20)23-8-6-7-9-24(23)28(33)34-29(3,4)5;1-7(11)9-4-2-8(6-10)3-5-9/h7-21H,22-23H2,1-6H3,(H,39,42);6-16H,17H2,1-5H3,(H,31,32);2-5H,6,10H2,1H3. The summed E-state index contributed by atoms with van der Waals surface area (Å²) in [7, 11) is 0. The van der Waals surface area contributed by atoms with Gasteiger partial charge in [-0.3, -0.25) is 14.4 Å². The SMILES string of the molecule is CC(=O)c1ccc(CN)cc1.CC(=O)c1ccc(CNC(=O)c2ccc3c(c2)c(C)c(C)n3Cc2ccc(-c3ccccc3C(=O)OC(C)(C)C)cc2)cc1.Cc1c(C)n(Cc2ccc(-c3ccccc3C(=O)OC(C)(C)C)cc2)c2ccc(C(=O)O)cc12. The molecule has 8 aromatic carbocycles. The Bertz CT molecular complexity index is 4250. The van der Waals surface area contributed by atoms with Crippen LogP contribution in [0.2, 0.25) is 0 Å². The van der Waals surface area contributed by atoms with Crippen molar-refractivity contribution in [2.75, 3.05) is 0 Å². The number of nitrogens with one attached hydrogen (secondary N) is 1. The Kier molecular flexibility index (Phi) is 20.3. The molecule has 2 aromatic heterocycles. The quantitative estimate of drug-likeness (QED) is 0.0658. The number of esters is 2. The number of aromatic carboxylic acids is 1. The molecule has 0 saturated carbocycles. The van der Waals surface area contributed by atoms with Crippen LogP contribution in [0.1, 0.15) is 162 Å². The molecule has 4 N–H and O–H groups in total. The first-order valence-corrected chi connectivity index (χ1v) is 29.6. The predicted molar refractivity (Wildman–Crippen MR) is 354 cm³/mol. The summed E-state index contributed by atoms with van der Waals surface area (Å²) in [5.41, 5.74) is 22.0. The predicted octanol–water partition coefficient (Wildman–Crippen LogP) is 16.0. The number of aryl methyl sites for hydroxylation is 2. The number of hydrogen-bond acceptors (Lipinski definition) is 9. The van der Waals surface area contributed by atoms with E-state index >= 15 is 0 Å². The zero-order valence-corrected chi connectivity index (χ0v) is 52.8. The molecule has 13 nitrogen and oxygen atoms in total. The van der Waals surface area contributed by atoms with Gasteiger partial charge in [0.05, 0.1) is 16.7 Å². The summed E-state index contributed by atoms with van der Waals surface area (Å²) in [6.07, 6.45) is 0. The third-order valence-electron chi connectivity index (χ3n) is 15.5. The number of Topliss-reactive ketones (excluding diaryl/α,β-unsaturated/α-hetero) is 2. The summed E-state index contributed by atoms with van der Waals surface area (Å²) >= 11 is 0. The van der Waals surface area contributed by atoms with E-state index in [2.05, 4.69) is 59.5 Å². The van der Waals surface area contributed by atoms with Gasteiger partial charge in [-0.05, 0) is 187 Å². The monoisotopic (exact) mass is 1190 g/mol. The zero-order chi connectivity index (χ0) is 64.5. The largest absolute Gasteiger partial charge is 0.478 e. The second-order valence-electron chi connectivity index (χ2n) is 24.2. The minimum absolute atomic E-state index is 0.0181. The first-order valence-electron chi connectivity index (χ1n) is 29.6. The van der Waals surface area contributed by atoms with Crippen LogP contribution in [0.3, 0.4) is 0 Å². The molecule has 0 saturated heterocycles. The van der Waals surface area contributed by atoms with Crippen molar-refractivity contribution in [1.82, 2.24) is 14.5 Å². The van der Waals surface area contributed by atoms with Crippen molar-refractivity contribution in [3.8, 4) is 22.3 Å². The molecule has 0 aliphatic heterocycles. The maximum absolute atomic E-state index is 13.0. The molecule has 10 rings (SSSR count). The number of rotatable bonds is 15. The number of carboxylic acid groups (broad SMARTS) is 1. The third kappa shape index (κ3) is 16.2. The number of amides is 1. The Morgan fingerprint density at radius 2 is 0.820 bits per heavy atom. The highest BCUT2D eigenvalue weighted by molar-refractivity contribution is 6.01. The first-order chi connectivity index (χ1) is 42.2. The average Bonchev–Trinajstić information content (AvgIpc) is 2.38. The van der Waals surface area contributed by atoms with E-state index in [0.717, 1.165) is 94.4 Å². The molecule has 0 aliphatic rings. The van der Waals surface area contributed by atoms with E-state index in [1.54, 1.807) is 55.5 Å². The number of carbonyl (C=O) groups is 6. The second kappa shape index (κ2) is 27.8. The van der Waals surface area contributed by atoms with Crippen LogP contribution >= 0.6 is 0 Å². The first kappa shape index (κ1) is 65.0. The highest BCUT2D eigenvalue weighted by Gasteiger charge is 2.23. The van der Waals surface area contributed by atoms with Gasteiger partial charge in [0, 0.05) is 76.1 Å². The second-order valence-corrected chi connectivity index (χ2v) is 24.2. The van der Waals surface area contributed by atoms with Gasteiger partial charge in [-0.1, -0.05) is 133 Å². The molecule has 10 aromatic rings. The van der Waals surface area contributed by atoms with Gasteiger partial charge < -0.3 is 34.8 Å². The van der Waals surface area contributed by atoms with Crippen molar-refractivity contribution in [1.29, 1.82) is 0 Å². The minimum atomic E-state index is -0.922. The van der Waals surface area contributed by atoms with E-state index in [0.29, 0.717) is 54.0 Å². The lowest BCUT2D eigenvalue weighted by Gasteiger charge is -2.20. The van der Waals surface area contributed by atoms with E-state index in [4.69, 9.17) is 15.2 Å². The fraction of sp³-hybridized carbons (Fsp3) is 0.237. The smallest absolute Gasteiger partial charge is 0.339 e. The molecule has 89 heavy (non-hydrogen) atoms. The molecule has 0 atom stereocenters. The van der Waals surface area contributed by atoms with E-state index in [1.165, 1.54) is 6.92 Å². The number of fused-ring (bicyclic) bond motifs is 2. The van der Waals surface area contributed by atoms with Crippen molar-refractivity contribution >= 4 is 57.2 Å². The number of carboxylic acids is 1. The maximum Gasteiger partial charge on any atom is 0.339 e. The Balaban J connectivity index is 0.000000201. The van der Waals surface area contributed by atoms with Gasteiger partial charge in [0.1, 0.15) is 11.2 Å². The maximum atomic E-state index is 13.0. The average molecular weight is 1190 g/mol. The molecule has 0 bridgehead atoms. The highest BCUT2D eigenvalue weighted by Crippen LogP contribution is 2.32. The van der Waals surface area contributed by atoms with Gasteiger partial charge in [0.25, 0.3) is 5.91 Å². The molecular weight excluding hydrogens is 1110 g/mol. The number of hydrogen-bond donors (Lipinski definition) is 3. The van der Waals surface area contributed by atoms with Crippen molar-refractivity contribution in [2.24, 2.45) is 5.73 Å². The summed E-state index contributed by atoms with van der Waals surface area (Å²) in [5.74, 6) is -1.63. The molecule has 456 valence electrons. The Hall–Kier alpha value is -9.98. The van der Waals surface area contributed by atoms with E-state index in [9.17, 15) is 33.9 Å². The van der Waals surface area contributed by atoms with Crippen molar-refractivity contribution in [2.45, 2.75) is 120 Å². The molecule has 0 fully saturated rings. The third-order valence-corrected chi connectivity index (χ3v) is 15.5. The number of ether oxygens (including phenoxy) is 2. The molecule has 0 unspecified atom stereocenters. The Morgan fingerprint density at radius 3 is 1.20 bits per heavy atom. The number of nitrogens with zero attached hydrogens (tertiary/aromatic N) is 2. The summed E-state index contributed by atoms with van der Waals surface area (Å²) in [4.78, 5) is 72.3. The molecule has 0 spiro atoms. The minimum Gasteiger partial charge on any atom is -0.478 e. The van der Waals surface area contributed by atoms with E-state index in [-0.39, 0.29) is 29.4 Å². The topological polar surface area (TPSA) is 189 Å². The Morgan fingerprint density at radius 1 is 0.461 bits per heavy atom. The molecule has 13 heteroatoms. The van der Waals surface area contributed by atoms with Crippen LogP contribution in [-0.4, -0.2) is 60.8 Å². The van der Waals surface area contributed by atoms with E-state index in [1.807, 2.05) is 158 Å². The zero-order valence-electron chi connectivity index (χ0n) is 52.8. The number of carbonyl (C=O) groups excluding carboxylic acids is 5. The molecule has 0 aliphatic carbocycles. The van der Waals surface area contributed by atoms with Crippen LogP contribution in [0.4, 0.5) is 0 Å². The lowest BCUT2D eigenvalue weighted by atomic mass is 9.98. The number of ketones is 2. The van der Waals surface area contributed by atoms with Gasteiger partial charge in [-0.25, -0.2) is 14.4 Å². The Labute approximate surface area is 521 Å². The summed E-state index contributed by atoms with van der Waals surface area (Å²) in [6.45, 7) is 24.8. The molecular formula is C76H78N4O9. The van der Waals surface area contributed by atoms with E-state index < -0.39 is 17.2 Å². The van der Waals surface area contributed by atoms with Gasteiger partial charge in [-0.15, -0.1) is 0 Å². The summed E-state index contributed by atoms with van der Waals surface area (Å²) < 4.78 is 15.7. The molecule has 1 amide bonds. The van der Waals surface area contributed by atoms with Gasteiger partial charge in [-0.2, -0.15) is 0 Å². The van der Waals surface area contributed by atoms with Crippen molar-refractivity contribution in [3.05, 3.63) is 260 Å². The number of benzene rings is 8. The van der Waals surface area contributed by atoms with Crippen LogP contribution in [0.15, 0.2) is 182 Å². The summed E-state index contributed by atoms with van der Waals surface area (Å²) in [5, 5.41) is 14.3. The normalized spacial score (nSPS) is 11.2. The number of nitrogens with two attached hydrogens (primary N) is 1. The lowest BCUT2D eigenvalue weighted by Crippen LogP contribution is -2.24. The van der Waals surface area contributed by atoms with Gasteiger partial charge >= 0.3 is 17.9 Å². The van der Waals surface area contributed by atoms with Crippen molar-refractivity contribution < 1.29 is 43.3 Å². The fourth-order valence-electron chi connectivity index (χ4n) is 10.4. The van der Waals surface area contributed by atoms with Crippen LogP contribution in [-0.2, 0) is 35.7 Å². The lowest BCUT2D eigenvalue weighted by molar-refractivity contribution is 0.00578. The van der Waals surface area contributed by atoms with Gasteiger partial charge in [0.2, 0.25) is 0 Å². The molecule has 2 heterocycles. The number of aromatic nitrogens is 2. The fourth-order valence-corrected chi connectivity index (χ4v) is 10.4. The van der Waals surface area contributed by atoms with Crippen LogP contribution in [0, 0.1) is 27.7 Å². The van der Waals surface area contributed by atoms with Crippen molar-refractivity contribution in [3.63, 3.8) is 0 Å². The highest BCUT2D eigenvalue weighted by atomic mass is 16.6. The molecule has 0 radical (unpaired) electrons. The van der Waals surface area contributed by atoms with Crippen LogP contribution < -0.4 is 11.1 Å². The summed E-state index contributed by atoms with van der Waals surface area (Å²) in [6, 6.07) is 57.2. The van der Waals surface area contributed by atoms with Crippen LogP contribution in [0.25, 0.3) is 44.1 Å².